The van der Waals surface area contributed by atoms with E-state index in [4.69, 9.17) is 4.43 Å². The smallest absolute Gasteiger partial charge is 0.317 e. The van der Waals surface area contributed by atoms with Crippen molar-refractivity contribution in [2.24, 2.45) is 5.92 Å². The molecule has 0 aromatic heterocycles. The fourth-order valence-electron chi connectivity index (χ4n) is 3.62. The van der Waals surface area contributed by atoms with Crippen molar-refractivity contribution in [2.75, 3.05) is 0 Å². The number of aliphatic carboxylic acids is 1. The van der Waals surface area contributed by atoms with Crippen LogP contribution in [0.2, 0.25) is 19.6 Å². The van der Waals surface area contributed by atoms with Crippen LogP contribution in [0.3, 0.4) is 0 Å². The molecule has 0 heterocycles. The molecule has 4 nitrogen and oxygen atoms in total. The first-order valence-corrected chi connectivity index (χ1v) is 15.7. The number of carbonyl (C=O) groups excluding carboxylic acids is 1. The van der Waals surface area contributed by atoms with Gasteiger partial charge in [0.15, 0.2) is 14.1 Å². The third-order valence-corrected chi connectivity index (χ3v) is 6.28. The molecule has 2 atom stereocenters. The highest BCUT2D eigenvalue weighted by Crippen LogP contribution is 2.20. The summed E-state index contributed by atoms with van der Waals surface area (Å²) < 4.78 is 6.25. The zero-order valence-corrected chi connectivity index (χ0v) is 21.4. The van der Waals surface area contributed by atoms with Crippen LogP contribution in [0.25, 0.3) is 0 Å². The predicted octanol–water partition coefficient (Wildman–Crippen LogP) is 7.53. The summed E-state index contributed by atoms with van der Waals surface area (Å²) >= 11 is 0. The Morgan fingerprint density at radius 2 is 1.40 bits per heavy atom. The van der Waals surface area contributed by atoms with Crippen LogP contribution < -0.4 is 0 Å². The average Bonchev–Trinajstić information content (AvgIpc) is 2.64. The van der Waals surface area contributed by atoms with Gasteiger partial charge in [-0.25, -0.2) is 0 Å². The van der Waals surface area contributed by atoms with Gasteiger partial charge in [0.1, 0.15) is 5.92 Å². The molecule has 0 aliphatic heterocycles. The van der Waals surface area contributed by atoms with Crippen molar-refractivity contribution >= 4 is 20.1 Å². The van der Waals surface area contributed by atoms with Crippen LogP contribution in [0.5, 0.6) is 0 Å². The molecule has 1 N–H and O–H groups in total. The molecule has 0 aromatic rings. The molecular weight excluding hydrogens is 392 g/mol. The van der Waals surface area contributed by atoms with E-state index in [-0.39, 0.29) is 18.3 Å². The van der Waals surface area contributed by atoms with Crippen LogP contribution in [0.4, 0.5) is 0 Å². The number of unbranched alkanes of at least 4 members (excludes halogenated alkanes) is 10. The highest BCUT2D eigenvalue weighted by Gasteiger charge is 2.28. The number of carboxylic acids is 1. The molecule has 0 aliphatic rings. The lowest BCUT2D eigenvalue weighted by atomic mass is 9.96. The minimum absolute atomic E-state index is 0.153. The molecule has 0 aromatic carbocycles. The van der Waals surface area contributed by atoms with E-state index in [0.717, 1.165) is 38.5 Å². The van der Waals surface area contributed by atoms with Crippen LogP contribution in [0.1, 0.15) is 104 Å². The first-order chi connectivity index (χ1) is 14.2. The lowest BCUT2D eigenvalue weighted by molar-refractivity contribution is -0.144. The van der Waals surface area contributed by atoms with E-state index < -0.39 is 20.2 Å². The number of Topliss-reactive ketones (excluding diaryl/α,β-unsaturated/α-hetero) is 1. The molecular formula is C25H48O4Si. The molecule has 0 rings (SSSR count). The summed E-state index contributed by atoms with van der Waals surface area (Å²) in [4.78, 5) is 24.3. The van der Waals surface area contributed by atoms with E-state index in [2.05, 4.69) is 33.5 Å². The van der Waals surface area contributed by atoms with E-state index in [1.54, 1.807) is 6.08 Å². The van der Waals surface area contributed by atoms with Crippen molar-refractivity contribution in [3.63, 3.8) is 0 Å². The second-order valence-corrected chi connectivity index (χ2v) is 14.0. The number of hydrogen-bond donors (Lipinski definition) is 1. The van der Waals surface area contributed by atoms with Crippen molar-refractivity contribution in [3.05, 3.63) is 12.2 Å². The summed E-state index contributed by atoms with van der Waals surface area (Å²) in [5.74, 6) is -2.32. The van der Waals surface area contributed by atoms with E-state index in [9.17, 15) is 14.7 Å². The van der Waals surface area contributed by atoms with E-state index in [1.807, 2.05) is 6.08 Å². The average molecular weight is 441 g/mol. The van der Waals surface area contributed by atoms with Gasteiger partial charge in [-0.05, 0) is 32.5 Å². The van der Waals surface area contributed by atoms with Crippen molar-refractivity contribution in [1.29, 1.82) is 0 Å². The quantitative estimate of drug-likeness (QED) is 0.0919. The van der Waals surface area contributed by atoms with Crippen LogP contribution in [-0.4, -0.2) is 31.3 Å². The maximum Gasteiger partial charge on any atom is 0.317 e. The van der Waals surface area contributed by atoms with Gasteiger partial charge >= 0.3 is 5.97 Å². The normalized spacial score (nSPS) is 14.2. The Hall–Kier alpha value is -0.943. The van der Waals surface area contributed by atoms with Crippen LogP contribution in [0.15, 0.2) is 12.2 Å². The lowest BCUT2D eigenvalue weighted by Gasteiger charge is -2.26. The van der Waals surface area contributed by atoms with Crippen molar-refractivity contribution < 1.29 is 19.1 Å². The minimum Gasteiger partial charge on any atom is -0.480 e. The van der Waals surface area contributed by atoms with E-state index >= 15 is 0 Å². The van der Waals surface area contributed by atoms with Gasteiger partial charge < -0.3 is 9.53 Å². The van der Waals surface area contributed by atoms with Gasteiger partial charge in [-0.3, -0.25) is 9.59 Å². The number of allylic oxidation sites excluding steroid dienone is 1. The highest BCUT2D eigenvalue weighted by atomic mass is 28.4. The molecule has 0 amide bonds. The van der Waals surface area contributed by atoms with Gasteiger partial charge in [0.05, 0.1) is 6.10 Å². The third-order valence-electron chi connectivity index (χ3n) is 5.24. The fourth-order valence-corrected chi connectivity index (χ4v) is 4.82. The van der Waals surface area contributed by atoms with Gasteiger partial charge in [0.25, 0.3) is 0 Å². The predicted molar refractivity (Wildman–Crippen MR) is 129 cm³/mol. The van der Waals surface area contributed by atoms with Crippen molar-refractivity contribution in [2.45, 2.75) is 129 Å². The Labute approximate surface area is 187 Å². The monoisotopic (exact) mass is 440 g/mol. The number of hydrogen-bond acceptors (Lipinski definition) is 3. The molecule has 0 aliphatic carbocycles. The Bertz CT molecular complexity index is 482. The highest BCUT2D eigenvalue weighted by molar-refractivity contribution is 6.69. The van der Waals surface area contributed by atoms with Crippen LogP contribution in [0, 0.1) is 5.92 Å². The van der Waals surface area contributed by atoms with Gasteiger partial charge in [-0.2, -0.15) is 0 Å². The first kappa shape index (κ1) is 29.1. The zero-order valence-electron chi connectivity index (χ0n) is 20.4. The van der Waals surface area contributed by atoms with E-state index in [1.165, 1.54) is 44.9 Å². The summed E-state index contributed by atoms with van der Waals surface area (Å²) in [5.41, 5.74) is 0. The Morgan fingerprint density at radius 3 is 1.90 bits per heavy atom. The first-order valence-electron chi connectivity index (χ1n) is 12.3. The maximum atomic E-state index is 12.7. The Balaban J connectivity index is 4.53. The number of carboxylic acid groups (broad SMARTS) is 1. The molecule has 0 saturated carbocycles. The second kappa shape index (κ2) is 17.7. The van der Waals surface area contributed by atoms with E-state index in [0.29, 0.717) is 0 Å². The number of carbonyl (C=O) groups is 2. The van der Waals surface area contributed by atoms with Gasteiger partial charge in [0.2, 0.25) is 0 Å². The van der Waals surface area contributed by atoms with Crippen molar-refractivity contribution in [1.82, 2.24) is 0 Å². The summed E-state index contributed by atoms with van der Waals surface area (Å²) in [6.07, 6.45) is 18.6. The van der Waals surface area contributed by atoms with Gasteiger partial charge in [-0.1, -0.05) is 96.6 Å². The topological polar surface area (TPSA) is 63.6 Å². The third kappa shape index (κ3) is 16.8. The molecule has 5 heteroatoms. The fraction of sp³-hybridized carbons (Fsp3) is 0.840. The molecule has 1 unspecified atom stereocenters. The standard InChI is InChI=1S/C25H48O4Si/c1-6-8-10-12-13-14-15-16-17-19-22(29-30(3,4)5)21-24(26)23(25(27)28)20-18-11-9-7-2/h18,20,22-23H,6-17,19,21H2,1-5H3,(H,27,28)/t22-,23?/m1/s1. The van der Waals surface area contributed by atoms with Crippen molar-refractivity contribution in [3.8, 4) is 0 Å². The van der Waals surface area contributed by atoms with Crippen LogP contribution in [-0.2, 0) is 14.0 Å². The molecule has 0 saturated heterocycles. The molecule has 176 valence electrons. The number of rotatable bonds is 20. The summed E-state index contributed by atoms with van der Waals surface area (Å²) in [5, 5.41) is 9.49. The molecule has 30 heavy (non-hydrogen) atoms. The zero-order chi connectivity index (χ0) is 22.8. The molecule has 0 bridgehead atoms. The number of ketones is 1. The Kier molecular flexibility index (Phi) is 17.2. The Morgan fingerprint density at radius 1 is 0.867 bits per heavy atom. The van der Waals surface area contributed by atoms with Gasteiger partial charge in [-0.15, -0.1) is 0 Å². The molecule has 0 radical (unpaired) electrons. The molecule has 0 spiro atoms. The largest absolute Gasteiger partial charge is 0.480 e. The molecule has 0 fully saturated rings. The van der Waals surface area contributed by atoms with Crippen LogP contribution >= 0.6 is 0 Å². The maximum absolute atomic E-state index is 12.7. The summed E-state index contributed by atoms with van der Waals surface area (Å²) in [6, 6.07) is 0. The summed E-state index contributed by atoms with van der Waals surface area (Å²) in [7, 11) is -1.80. The second-order valence-electron chi connectivity index (χ2n) is 9.53. The summed E-state index contributed by atoms with van der Waals surface area (Å²) in [6.45, 7) is 10.7. The SMILES string of the molecule is CCCCC=CC(C(=O)O)C(=O)C[C@@H](CCCCCCCCCCC)O[Si](C)(C)C. The minimum atomic E-state index is -1.80. The lowest BCUT2D eigenvalue weighted by Crippen LogP contribution is -2.35. The van der Waals surface area contributed by atoms with Gasteiger partial charge in [0, 0.05) is 6.42 Å².